The van der Waals surface area contributed by atoms with E-state index in [1.165, 1.54) is 11.5 Å². The van der Waals surface area contributed by atoms with Crippen LogP contribution in [0.15, 0.2) is 47.3 Å². The Morgan fingerprint density at radius 2 is 1.81 bits per heavy atom. The monoisotopic (exact) mass is 425 g/mol. The zero-order chi connectivity index (χ0) is 22.0. The van der Waals surface area contributed by atoms with Crippen molar-refractivity contribution in [2.45, 2.75) is 39.5 Å². The Bertz CT molecular complexity index is 1200. The van der Waals surface area contributed by atoms with Gasteiger partial charge in [-0.15, -0.1) is 0 Å². The lowest BCUT2D eigenvalue weighted by molar-refractivity contribution is -0.153. The zero-order valence-corrected chi connectivity index (χ0v) is 17.3. The van der Waals surface area contributed by atoms with Crippen LogP contribution >= 0.6 is 0 Å². The van der Waals surface area contributed by atoms with Gasteiger partial charge in [-0.05, 0) is 37.6 Å². The predicted octanol–water partition coefficient (Wildman–Crippen LogP) is 2.51. The number of fused-ring (bicyclic) bond motifs is 2. The second-order valence-electron chi connectivity index (χ2n) is 7.20. The summed E-state index contributed by atoms with van der Waals surface area (Å²) in [7, 11) is 0. The van der Waals surface area contributed by atoms with E-state index in [2.05, 4.69) is 5.32 Å². The molecular formula is C22H23N3O6. The average Bonchev–Trinajstić information content (AvgIpc) is 3.32. The van der Waals surface area contributed by atoms with Gasteiger partial charge in [0, 0.05) is 18.3 Å². The summed E-state index contributed by atoms with van der Waals surface area (Å²) in [6.45, 7) is 3.86. The van der Waals surface area contributed by atoms with Crippen molar-refractivity contribution in [1.29, 1.82) is 0 Å². The van der Waals surface area contributed by atoms with Gasteiger partial charge < -0.3 is 19.5 Å². The van der Waals surface area contributed by atoms with Crippen LogP contribution in [0.5, 0.6) is 11.5 Å². The highest BCUT2D eigenvalue weighted by Crippen LogP contribution is 2.34. The SMILES string of the molecule is CCCn1c(=O)n(CC(=O)OC(C)C(=O)Nc2ccc3c(c2)OCO3)c2ccccc21. The third-order valence-corrected chi connectivity index (χ3v) is 4.98. The molecule has 1 N–H and O–H groups in total. The molecule has 1 aliphatic rings. The zero-order valence-electron chi connectivity index (χ0n) is 17.3. The fourth-order valence-electron chi connectivity index (χ4n) is 3.50. The average molecular weight is 425 g/mol. The number of esters is 1. The quantitative estimate of drug-likeness (QED) is 0.584. The summed E-state index contributed by atoms with van der Waals surface area (Å²) < 4.78 is 18.8. The molecule has 0 fully saturated rings. The molecule has 0 bridgehead atoms. The van der Waals surface area contributed by atoms with Crippen molar-refractivity contribution < 1.29 is 23.8 Å². The van der Waals surface area contributed by atoms with Crippen LogP contribution in [0.2, 0.25) is 0 Å². The second kappa shape index (κ2) is 8.55. The molecule has 1 amide bonds. The number of amides is 1. The largest absolute Gasteiger partial charge is 0.454 e. The number of imidazole rings is 1. The van der Waals surface area contributed by atoms with E-state index >= 15 is 0 Å². The third kappa shape index (κ3) is 4.11. The number of aryl methyl sites for hydroxylation is 1. The van der Waals surface area contributed by atoms with Crippen molar-refractivity contribution in [1.82, 2.24) is 9.13 Å². The summed E-state index contributed by atoms with van der Waals surface area (Å²) >= 11 is 0. The van der Waals surface area contributed by atoms with Crippen molar-refractivity contribution in [3.63, 3.8) is 0 Å². The van der Waals surface area contributed by atoms with Crippen LogP contribution in [0.3, 0.4) is 0 Å². The normalized spacial score (nSPS) is 13.2. The Balaban J connectivity index is 1.43. The van der Waals surface area contributed by atoms with Crippen LogP contribution in [-0.2, 0) is 27.4 Å². The molecule has 1 aliphatic heterocycles. The van der Waals surface area contributed by atoms with E-state index in [9.17, 15) is 14.4 Å². The van der Waals surface area contributed by atoms with E-state index in [-0.39, 0.29) is 19.0 Å². The van der Waals surface area contributed by atoms with Gasteiger partial charge in [-0.2, -0.15) is 0 Å². The molecule has 1 unspecified atom stereocenters. The molecule has 0 aliphatic carbocycles. The second-order valence-corrected chi connectivity index (χ2v) is 7.20. The number of para-hydroxylation sites is 2. The molecular weight excluding hydrogens is 402 g/mol. The Labute approximate surface area is 178 Å². The Morgan fingerprint density at radius 1 is 1.10 bits per heavy atom. The minimum atomic E-state index is -1.04. The molecule has 4 rings (SSSR count). The molecule has 2 aromatic carbocycles. The minimum absolute atomic E-state index is 0.134. The first-order chi connectivity index (χ1) is 15.0. The van der Waals surface area contributed by atoms with Crippen LogP contribution in [0.4, 0.5) is 5.69 Å². The third-order valence-electron chi connectivity index (χ3n) is 4.98. The summed E-state index contributed by atoms with van der Waals surface area (Å²) in [5.74, 6) is -0.0294. The molecule has 9 heteroatoms. The number of carbonyl (C=O) groups excluding carboxylic acids is 2. The van der Waals surface area contributed by atoms with E-state index in [4.69, 9.17) is 14.2 Å². The molecule has 1 atom stereocenters. The first-order valence-corrected chi connectivity index (χ1v) is 10.1. The first kappa shape index (κ1) is 20.5. The fourth-order valence-corrected chi connectivity index (χ4v) is 3.50. The number of hydrogen-bond donors (Lipinski definition) is 1. The smallest absolute Gasteiger partial charge is 0.329 e. The topological polar surface area (TPSA) is 101 Å². The summed E-state index contributed by atoms with van der Waals surface area (Å²) in [5.41, 5.74) is 1.62. The first-order valence-electron chi connectivity index (χ1n) is 10.1. The fraction of sp³-hybridized carbons (Fsp3) is 0.318. The number of ether oxygens (including phenoxy) is 3. The summed E-state index contributed by atoms with van der Waals surface area (Å²) in [6, 6.07) is 12.3. The van der Waals surface area contributed by atoms with Gasteiger partial charge in [-0.25, -0.2) is 4.79 Å². The summed E-state index contributed by atoms with van der Waals surface area (Å²) in [5, 5.41) is 2.68. The van der Waals surface area contributed by atoms with Gasteiger partial charge in [0.2, 0.25) is 6.79 Å². The van der Waals surface area contributed by atoms with Gasteiger partial charge in [-0.1, -0.05) is 19.1 Å². The van der Waals surface area contributed by atoms with Gasteiger partial charge in [0.05, 0.1) is 11.0 Å². The van der Waals surface area contributed by atoms with Crippen molar-refractivity contribution >= 4 is 28.6 Å². The molecule has 9 nitrogen and oxygen atoms in total. The molecule has 0 radical (unpaired) electrons. The summed E-state index contributed by atoms with van der Waals surface area (Å²) in [6.07, 6.45) is -0.257. The Morgan fingerprint density at radius 3 is 2.55 bits per heavy atom. The Kier molecular flexibility index (Phi) is 5.66. The highest BCUT2D eigenvalue weighted by Gasteiger charge is 2.22. The number of aromatic nitrogens is 2. The van der Waals surface area contributed by atoms with Crippen LogP contribution in [0.1, 0.15) is 20.3 Å². The number of nitrogens with zero attached hydrogens (tertiary/aromatic N) is 2. The van der Waals surface area contributed by atoms with Crippen LogP contribution in [0, 0.1) is 0 Å². The van der Waals surface area contributed by atoms with Gasteiger partial charge in [0.25, 0.3) is 5.91 Å². The number of nitrogens with one attached hydrogen (secondary N) is 1. The molecule has 3 aromatic rings. The number of carbonyl (C=O) groups is 2. The molecule has 0 saturated heterocycles. The summed E-state index contributed by atoms with van der Waals surface area (Å²) in [4.78, 5) is 37.7. The molecule has 162 valence electrons. The lowest BCUT2D eigenvalue weighted by atomic mass is 10.2. The maximum Gasteiger partial charge on any atom is 0.329 e. The minimum Gasteiger partial charge on any atom is -0.454 e. The van der Waals surface area contributed by atoms with Crippen molar-refractivity contribution in [3.05, 3.63) is 52.9 Å². The van der Waals surface area contributed by atoms with Gasteiger partial charge in [0.15, 0.2) is 17.6 Å². The molecule has 0 spiro atoms. The van der Waals surface area contributed by atoms with E-state index in [1.54, 1.807) is 34.9 Å². The van der Waals surface area contributed by atoms with Crippen molar-refractivity contribution in [2.75, 3.05) is 12.1 Å². The van der Waals surface area contributed by atoms with E-state index in [0.29, 0.717) is 29.2 Å². The lowest BCUT2D eigenvalue weighted by Gasteiger charge is -2.14. The van der Waals surface area contributed by atoms with Gasteiger partial charge >= 0.3 is 11.7 Å². The predicted molar refractivity (Wildman–Crippen MR) is 113 cm³/mol. The standard InChI is InChI=1S/C22H23N3O6/c1-3-10-24-16-6-4-5-7-17(16)25(22(24)28)12-20(26)31-14(2)21(27)23-15-8-9-18-19(11-15)30-13-29-18/h4-9,11,14H,3,10,12-13H2,1-2H3,(H,23,27). The lowest BCUT2D eigenvalue weighted by Crippen LogP contribution is -2.33. The van der Waals surface area contributed by atoms with Gasteiger partial charge in [0.1, 0.15) is 6.54 Å². The highest BCUT2D eigenvalue weighted by molar-refractivity contribution is 5.95. The molecule has 0 saturated carbocycles. The van der Waals surface area contributed by atoms with E-state index in [1.807, 2.05) is 19.1 Å². The van der Waals surface area contributed by atoms with Crippen molar-refractivity contribution in [2.24, 2.45) is 0 Å². The number of rotatable bonds is 7. The maximum absolute atomic E-state index is 12.8. The number of hydrogen-bond acceptors (Lipinski definition) is 6. The molecule has 31 heavy (non-hydrogen) atoms. The highest BCUT2D eigenvalue weighted by atomic mass is 16.7. The number of benzene rings is 2. The van der Waals surface area contributed by atoms with Crippen LogP contribution in [0.25, 0.3) is 11.0 Å². The van der Waals surface area contributed by atoms with Gasteiger partial charge in [-0.3, -0.25) is 18.7 Å². The van der Waals surface area contributed by atoms with Crippen LogP contribution in [-0.4, -0.2) is 33.9 Å². The Hall–Kier alpha value is -3.75. The van der Waals surface area contributed by atoms with E-state index < -0.39 is 18.0 Å². The van der Waals surface area contributed by atoms with Crippen molar-refractivity contribution in [3.8, 4) is 11.5 Å². The van der Waals surface area contributed by atoms with Crippen LogP contribution < -0.4 is 20.5 Å². The molecule has 2 heterocycles. The van der Waals surface area contributed by atoms with E-state index in [0.717, 1.165) is 11.9 Å². The number of anilines is 1. The molecule has 1 aromatic heterocycles. The maximum atomic E-state index is 12.8.